The van der Waals surface area contributed by atoms with Crippen molar-refractivity contribution >= 4 is 0 Å². The van der Waals surface area contributed by atoms with Gasteiger partial charge in [0, 0.05) is 38.5 Å². The van der Waals surface area contributed by atoms with Crippen molar-refractivity contribution in [1.29, 1.82) is 0 Å². The van der Waals surface area contributed by atoms with Crippen LogP contribution in [-0.4, -0.2) is 37.2 Å². The molecule has 2 aliphatic rings. The molecule has 1 aromatic rings. The number of allylic oxidation sites excluding steroid dienone is 1. The first-order valence-corrected chi connectivity index (χ1v) is 8.27. The number of hydrogen-bond donors (Lipinski definition) is 1. The van der Waals surface area contributed by atoms with Crippen LogP contribution < -0.4 is 5.32 Å². The Morgan fingerprint density at radius 3 is 2.68 bits per heavy atom. The molecule has 1 unspecified atom stereocenters. The summed E-state index contributed by atoms with van der Waals surface area (Å²) in [6, 6.07) is 11.3. The maximum atomic E-state index is 5.42. The Balaban J connectivity index is 1.46. The summed E-state index contributed by atoms with van der Waals surface area (Å²) in [7, 11) is 1.78. The van der Waals surface area contributed by atoms with Crippen molar-refractivity contribution in [2.75, 3.05) is 20.2 Å². The molecule has 0 saturated carbocycles. The van der Waals surface area contributed by atoms with Crippen LogP contribution in [0.1, 0.15) is 24.8 Å². The summed E-state index contributed by atoms with van der Waals surface area (Å²) in [5, 5.41) is 3.67. The number of piperidine rings is 1. The van der Waals surface area contributed by atoms with Crippen molar-refractivity contribution in [1.82, 2.24) is 10.2 Å². The van der Waals surface area contributed by atoms with Crippen molar-refractivity contribution in [2.24, 2.45) is 0 Å². The highest BCUT2D eigenvalue weighted by molar-refractivity contribution is 5.24. The fourth-order valence-corrected chi connectivity index (χ4v) is 3.23. The van der Waals surface area contributed by atoms with Crippen LogP contribution in [0, 0.1) is 0 Å². The third-order valence-electron chi connectivity index (χ3n) is 4.54. The molecule has 0 spiro atoms. The minimum absolute atomic E-state index is 0.227. The second kappa shape index (κ2) is 7.61. The van der Waals surface area contributed by atoms with Crippen LogP contribution >= 0.6 is 0 Å². The number of hydrogen-bond acceptors (Lipinski definition) is 3. The highest BCUT2D eigenvalue weighted by Gasteiger charge is 2.20. The van der Waals surface area contributed by atoms with E-state index in [-0.39, 0.29) is 6.10 Å². The molecule has 3 heteroatoms. The number of nitrogens with one attached hydrogen (secondary N) is 1. The highest BCUT2D eigenvalue weighted by atomic mass is 16.5. The lowest BCUT2D eigenvalue weighted by Crippen LogP contribution is -2.42. The largest absolute Gasteiger partial charge is 0.382 e. The molecule has 1 N–H and O–H groups in total. The number of rotatable bonds is 5. The molecule has 3 rings (SSSR count). The summed E-state index contributed by atoms with van der Waals surface area (Å²) in [5.74, 6) is 0. The third kappa shape index (κ3) is 4.21. The summed E-state index contributed by atoms with van der Waals surface area (Å²) < 4.78 is 5.42. The van der Waals surface area contributed by atoms with Crippen LogP contribution in [-0.2, 0) is 11.3 Å². The van der Waals surface area contributed by atoms with Gasteiger partial charge in [0.15, 0.2) is 0 Å². The molecule has 0 radical (unpaired) electrons. The predicted molar refractivity (Wildman–Crippen MR) is 90.5 cm³/mol. The van der Waals surface area contributed by atoms with Gasteiger partial charge >= 0.3 is 0 Å². The zero-order valence-electron chi connectivity index (χ0n) is 13.4. The molecule has 1 saturated heterocycles. The highest BCUT2D eigenvalue weighted by Crippen LogP contribution is 2.17. The third-order valence-corrected chi connectivity index (χ3v) is 4.54. The van der Waals surface area contributed by atoms with E-state index in [1.54, 1.807) is 7.11 Å². The second-order valence-electron chi connectivity index (χ2n) is 6.21. The predicted octanol–water partition coefficient (Wildman–Crippen LogP) is 3.10. The first-order chi connectivity index (χ1) is 10.8. The minimum atomic E-state index is 0.227. The monoisotopic (exact) mass is 298 g/mol. The average molecular weight is 298 g/mol. The van der Waals surface area contributed by atoms with Crippen LogP contribution in [0.4, 0.5) is 0 Å². The molecule has 0 aromatic heterocycles. The molecule has 1 aliphatic heterocycles. The van der Waals surface area contributed by atoms with Crippen LogP contribution in [0.15, 0.2) is 54.3 Å². The van der Waals surface area contributed by atoms with E-state index in [9.17, 15) is 0 Å². The van der Waals surface area contributed by atoms with E-state index in [2.05, 4.69) is 58.8 Å². The average Bonchev–Trinajstić information content (AvgIpc) is 2.58. The number of methoxy groups -OCH3 is 1. The van der Waals surface area contributed by atoms with Gasteiger partial charge in [-0.05, 0) is 37.0 Å². The summed E-state index contributed by atoms with van der Waals surface area (Å²) in [5.41, 5.74) is 2.63. The first kappa shape index (κ1) is 15.3. The maximum Gasteiger partial charge on any atom is 0.0809 e. The van der Waals surface area contributed by atoms with E-state index >= 15 is 0 Å². The van der Waals surface area contributed by atoms with E-state index in [4.69, 9.17) is 4.74 Å². The zero-order chi connectivity index (χ0) is 15.2. The summed E-state index contributed by atoms with van der Waals surface area (Å²) in [4.78, 5) is 2.55. The van der Waals surface area contributed by atoms with E-state index in [1.165, 1.54) is 24.1 Å². The van der Waals surface area contributed by atoms with Crippen molar-refractivity contribution < 1.29 is 4.74 Å². The molecule has 1 fully saturated rings. The quantitative estimate of drug-likeness (QED) is 0.904. The zero-order valence-corrected chi connectivity index (χ0v) is 13.4. The fraction of sp³-hybridized carbons (Fsp3) is 0.474. The van der Waals surface area contributed by atoms with Gasteiger partial charge in [-0.3, -0.25) is 4.90 Å². The van der Waals surface area contributed by atoms with Gasteiger partial charge in [-0.2, -0.15) is 0 Å². The van der Waals surface area contributed by atoms with E-state index in [0.717, 1.165) is 26.1 Å². The van der Waals surface area contributed by atoms with Gasteiger partial charge in [0.1, 0.15) is 0 Å². The number of ether oxygens (including phenoxy) is 1. The second-order valence-corrected chi connectivity index (χ2v) is 6.21. The van der Waals surface area contributed by atoms with Gasteiger partial charge in [-0.1, -0.05) is 36.4 Å². The lowest BCUT2D eigenvalue weighted by atomic mass is 10.0. The Bertz CT molecular complexity index is 515. The SMILES string of the molecule is COC1C=C(NC2CCN(Cc3ccccc3)CC2)C=CC1. The minimum Gasteiger partial charge on any atom is -0.382 e. The molecule has 118 valence electrons. The van der Waals surface area contributed by atoms with Gasteiger partial charge in [0.25, 0.3) is 0 Å². The van der Waals surface area contributed by atoms with Crippen molar-refractivity contribution in [3.05, 3.63) is 59.8 Å². The molecule has 0 amide bonds. The molecule has 1 aliphatic carbocycles. The lowest BCUT2D eigenvalue weighted by molar-refractivity contribution is 0.141. The Hall–Kier alpha value is -1.58. The molecule has 0 bridgehead atoms. The standard InChI is InChI=1S/C19H26N2O/c1-22-19-9-5-8-18(14-19)20-17-10-12-21(13-11-17)15-16-6-3-2-4-7-16/h2-8,14,17,19-20H,9-13,15H2,1H3. The maximum absolute atomic E-state index is 5.42. The van der Waals surface area contributed by atoms with Gasteiger partial charge in [-0.15, -0.1) is 0 Å². The van der Waals surface area contributed by atoms with E-state index < -0.39 is 0 Å². The van der Waals surface area contributed by atoms with Crippen molar-refractivity contribution in [3.8, 4) is 0 Å². The number of likely N-dealkylation sites (tertiary alicyclic amines) is 1. The Morgan fingerprint density at radius 1 is 1.18 bits per heavy atom. The van der Waals surface area contributed by atoms with Gasteiger partial charge in [0.2, 0.25) is 0 Å². The van der Waals surface area contributed by atoms with E-state index in [1.807, 2.05) is 0 Å². The normalized spacial score (nSPS) is 23.3. The molecule has 1 heterocycles. The number of nitrogens with zero attached hydrogens (tertiary/aromatic N) is 1. The molecule has 1 aromatic carbocycles. The molecular weight excluding hydrogens is 272 g/mol. The van der Waals surface area contributed by atoms with Crippen LogP contribution in [0.3, 0.4) is 0 Å². The summed E-state index contributed by atoms with van der Waals surface area (Å²) in [6.07, 6.45) is 10.2. The summed E-state index contributed by atoms with van der Waals surface area (Å²) >= 11 is 0. The fourth-order valence-electron chi connectivity index (χ4n) is 3.23. The number of benzene rings is 1. The van der Waals surface area contributed by atoms with Crippen LogP contribution in [0.25, 0.3) is 0 Å². The van der Waals surface area contributed by atoms with Crippen LogP contribution in [0.5, 0.6) is 0 Å². The smallest absolute Gasteiger partial charge is 0.0809 e. The van der Waals surface area contributed by atoms with Crippen LogP contribution in [0.2, 0.25) is 0 Å². The topological polar surface area (TPSA) is 24.5 Å². The molecule has 22 heavy (non-hydrogen) atoms. The van der Waals surface area contributed by atoms with Gasteiger partial charge in [0.05, 0.1) is 6.10 Å². The van der Waals surface area contributed by atoms with E-state index in [0.29, 0.717) is 6.04 Å². The molecular formula is C19H26N2O. The molecule has 1 atom stereocenters. The Morgan fingerprint density at radius 2 is 1.95 bits per heavy atom. The summed E-state index contributed by atoms with van der Waals surface area (Å²) in [6.45, 7) is 3.40. The van der Waals surface area contributed by atoms with Crippen molar-refractivity contribution in [3.63, 3.8) is 0 Å². The molecule has 3 nitrogen and oxygen atoms in total. The first-order valence-electron chi connectivity index (χ1n) is 8.27. The lowest BCUT2D eigenvalue weighted by Gasteiger charge is -2.33. The van der Waals surface area contributed by atoms with Gasteiger partial charge in [-0.25, -0.2) is 0 Å². The van der Waals surface area contributed by atoms with Gasteiger partial charge < -0.3 is 10.1 Å². The Kier molecular flexibility index (Phi) is 5.30. The van der Waals surface area contributed by atoms with Crippen molar-refractivity contribution in [2.45, 2.75) is 38.0 Å². The Labute approximate surface area is 133 Å².